The van der Waals surface area contributed by atoms with Gasteiger partial charge in [0.05, 0.1) is 26.6 Å². The van der Waals surface area contributed by atoms with Crippen LogP contribution in [0.5, 0.6) is 0 Å². The highest BCUT2D eigenvalue weighted by atomic mass is 16.3. The third-order valence-electron chi connectivity index (χ3n) is 2.55. The number of quaternary nitrogens is 1. The minimum absolute atomic E-state index is 0.104. The molecule has 2 heteroatoms. The molecule has 1 aliphatic carbocycles. The van der Waals surface area contributed by atoms with Crippen LogP contribution in [0.25, 0.3) is 0 Å². The molecule has 0 heterocycles. The predicted octanol–water partition coefficient (Wildman–Crippen LogP) is 0.462. The van der Waals surface area contributed by atoms with Gasteiger partial charge in [-0.15, -0.1) is 0 Å². The van der Waals surface area contributed by atoms with Crippen LogP contribution >= 0.6 is 0 Å². The summed E-state index contributed by atoms with van der Waals surface area (Å²) in [5.41, 5.74) is 0.137. The number of rotatable bonds is 1. The molecule has 1 N–H and O–H groups in total. The van der Waals surface area contributed by atoms with Crippen molar-refractivity contribution in [3.05, 3.63) is 0 Å². The standard InChI is InChI=1S/C8H18NO/c1-8(2)6(7(8)10)9(3,4)5/h6-7,10H,1-5H3/q+1/t6?,7-/m0/s1. The van der Waals surface area contributed by atoms with Gasteiger partial charge in [-0.1, -0.05) is 13.8 Å². The van der Waals surface area contributed by atoms with E-state index in [4.69, 9.17) is 0 Å². The van der Waals surface area contributed by atoms with Crippen LogP contribution in [0.4, 0.5) is 0 Å². The Hall–Kier alpha value is -0.0800. The first kappa shape index (κ1) is 8.02. The van der Waals surface area contributed by atoms with Crippen LogP contribution in [-0.2, 0) is 0 Å². The average molecular weight is 144 g/mol. The highest BCUT2D eigenvalue weighted by Gasteiger charge is 2.65. The molecule has 1 fully saturated rings. The molecular formula is C8H18NO+. The van der Waals surface area contributed by atoms with Crippen LogP contribution < -0.4 is 0 Å². The van der Waals surface area contributed by atoms with Gasteiger partial charge in [0.1, 0.15) is 12.1 Å². The van der Waals surface area contributed by atoms with E-state index in [9.17, 15) is 5.11 Å². The van der Waals surface area contributed by atoms with Gasteiger partial charge in [-0.25, -0.2) is 0 Å². The highest BCUT2D eigenvalue weighted by molar-refractivity contribution is 5.07. The molecule has 0 aromatic carbocycles. The molecule has 1 unspecified atom stereocenters. The molecule has 10 heavy (non-hydrogen) atoms. The predicted molar refractivity (Wildman–Crippen MR) is 41.6 cm³/mol. The summed E-state index contributed by atoms with van der Waals surface area (Å²) in [7, 11) is 6.38. The van der Waals surface area contributed by atoms with Gasteiger partial charge in [-0.2, -0.15) is 0 Å². The van der Waals surface area contributed by atoms with Gasteiger partial charge in [0, 0.05) is 0 Å². The quantitative estimate of drug-likeness (QED) is 0.530. The Labute approximate surface area is 63.1 Å². The second-order valence-corrected chi connectivity index (χ2v) is 4.83. The summed E-state index contributed by atoms with van der Waals surface area (Å²) in [5.74, 6) is 0. The molecule has 2 nitrogen and oxygen atoms in total. The number of likely N-dealkylation sites (N-methyl/N-ethyl adjacent to an activating group) is 1. The largest absolute Gasteiger partial charge is 0.386 e. The molecular weight excluding hydrogens is 126 g/mol. The molecule has 2 atom stereocenters. The van der Waals surface area contributed by atoms with Gasteiger partial charge in [-0.3, -0.25) is 0 Å². The Morgan fingerprint density at radius 3 is 1.50 bits per heavy atom. The maximum atomic E-state index is 9.47. The minimum atomic E-state index is -0.104. The van der Waals surface area contributed by atoms with Crippen molar-refractivity contribution in [2.75, 3.05) is 21.1 Å². The normalized spacial score (nSPS) is 37.8. The lowest BCUT2D eigenvalue weighted by atomic mass is 10.1. The lowest BCUT2D eigenvalue weighted by Crippen LogP contribution is -2.40. The minimum Gasteiger partial charge on any atom is -0.386 e. The van der Waals surface area contributed by atoms with Crippen molar-refractivity contribution in [3.63, 3.8) is 0 Å². The van der Waals surface area contributed by atoms with E-state index in [0.717, 1.165) is 4.48 Å². The van der Waals surface area contributed by atoms with Crippen LogP contribution in [0.2, 0.25) is 0 Å². The molecule has 0 aliphatic heterocycles. The molecule has 0 radical (unpaired) electrons. The second kappa shape index (κ2) is 1.74. The van der Waals surface area contributed by atoms with E-state index >= 15 is 0 Å². The zero-order valence-electron chi connectivity index (χ0n) is 7.55. The fourth-order valence-corrected chi connectivity index (χ4v) is 2.01. The third kappa shape index (κ3) is 0.956. The van der Waals surface area contributed by atoms with Crippen LogP contribution in [0.1, 0.15) is 13.8 Å². The zero-order valence-corrected chi connectivity index (χ0v) is 7.55. The van der Waals surface area contributed by atoms with E-state index in [1.54, 1.807) is 0 Å². The lowest BCUT2D eigenvalue weighted by Gasteiger charge is -2.25. The van der Waals surface area contributed by atoms with Crippen LogP contribution in [0.15, 0.2) is 0 Å². The first-order valence-corrected chi connectivity index (χ1v) is 3.77. The van der Waals surface area contributed by atoms with Gasteiger partial charge in [0.15, 0.2) is 0 Å². The van der Waals surface area contributed by atoms with E-state index in [1.165, 1.54) is 0 Å². The van der Waals surface area contributed by atoms with Gasteiger partial charge in [0.2, 0.25) is 0 Å². The Balaban J connectivity index is 2.66. The Bertz CT molecular complexity index is 136. The number of aliphatic hydroxyl groups excluding tert-OH is 1. The number of hydrogen-bond donors (Lipinski definition) is 1. The maximum absolute atomic E-state index is 9.47. The van der Waals surface area contributed by atoms with E-state index < -0.39 is 0 Å². The van der Waals surface area contributed by atoms with Crippen molar-refractivity contribution < 1.29 is 9.59 Å². The van der Waals surface area contributed by atoms with Gasteiger partial charge < -0.3 is 9.59 Å². The van der Waals surface area contributed by atoms with Crippen molar-refractivity contribution in [1.82, 2.24) is 0 Å². The van der Waals surface area contributed by atoms with Crippen molar-refractivity contribution >= 4 is 0 Å². The molecule has 1 aliphatic rings. The highest BCUT2D eigenvalue weighted by Crippen LogP contribution is 2.49. The SMILES string of the molecule is CC1(C)C([N+](C)(C)C)[C@@H]1O. The fraction of sp³-hybridized carbons (Fsp3) is 1.00. The van der Waals surface area contributed by atoms with Crippen LogP contribution in [0.3, 0.4) is 0 Å². The van der Waals surface area contributed by atoms with Gasteiger partial charge in [0.25, 0.3) is 0 Å². The number of aliphatic hydroxyl groups is 1. The third-order valence-corrected chi connectivity index (χ3v) is 2.55. The number of hydrogen-bond acceptors (Lipinski definition) is 1. The Morgan fingerprint density at radius 2 is 1.50 bits per heavy atom. The maximum Gasteiger partial charge on any atom is 0.123 e. The van der Waals surface area contributed by atoms with Crippen molar-refractivity contribution in [3.8, 4) is 0 Å². The van der Waals surface area contributed by atoms with Crippen molar-refractivity contribution in [2.45, 2.75) is 26.0 Å². The molecule has 60 valence electrons. The molecule has 0 aromatic rings. The summed E-state index contributed by atoms with van der Waals surface area (Å²) in [6.45, 7) is 4.23. The molecule has 0 saturated heterocycles. The van der Waals surface area contributed by atoms with Crippen LogP contribution in [0, 0.1) is 5.41 Å². The zero-order chi connectivity index (χ0) is 8.15. The summed E-state index contributed by atoms with van der Waals surface area (Å²) in [6.07, 6.45) is -0.104. The topological polar surface area (TPSA) is 20.2 Å². The number of nitrogens with zero attached hydrogens (tertiary/aromatic N) is 1. The second-order valence-electron chi connectivity index (χ2n) is 4.83. The van der Waals surface area contributed by atoms with E-state index in [0.29, 0.717) is 6.04 Å². The summed E-state index contributed by atoms with van der Waals surface area (Å²) in [5, 5.41) is 9.47. The summed E-state index contributed by atoms with van der Waals surface area (Å²) in [4.78, 5) is 0. The molecule has 1 rings (SSSR count). The summed E-state index contributed by atoms with van der Waals surface area (Å²) in [6, 6.07) is 0.424. The van der Waals surface area contributed by atoms with Crippen LogP contribution in [-0.4, -0.2) is 42.9 Å². The first-order valence-electron chi connectivity index (χ1n) is 3.77. The summed E-state index contributed by atoms with van der Waals surface area (Å²) < 4.78 is 0.869. The average Bonchev–Trinajstić information content (AvgIpc) is 2.03. The molecule has 0 spiro atoms. The molecule has 0 aromatic heterocycles. The van der Waals surface area contributed by atoms with E-state index in [1.807, 2.05) is 0 Å². The van der Waals surface area contributed by atoms with Gasteiger partial charge >= 0.3 is 0 Å². The smallest absolute Gasteiger partial charge is 0.123 e. The summed E-state index contributed by atoms with van der Waals surface area (Å²) >= 11 is 0. The van der Waals surface area contributed by atoms with Crippen molar-refractivity contribution in [2.24, 2.45) is 5.41 Å². The van der Waals surface area contributed by atoms with E-state index in [-0.39, 0.29) is 11.5 Å². The Morgan fingerprint density at radius 1 is 1.20 bits per heavy atom. The fourth-order valence-electron chi connectivity index (χ4n) is 2.01. The molecule has 0 amide bonds. The molecule has 0 bridgehead atoms. The molecule has 1 saturated carbocycles. The monoisotopic (exact) mass is 144 g/mol. The van der Waals surface area contributed by atoms with Crippen molar-refractivity contribution in [1.29, 1.82) is 0 Å². The lowest BCUT2D eigenvalue weighted by molar-refractivity contribution is -0.886. The van der Waals surface area contributed by atoms with Gasteiger partial charge in [-0.05, 0) is 0 Å². The first-order chi connectivity index (χ1) is 4.28. The Kier molecular flexibility index (Phi) is 1.40. The van der Waals surface area contributed by atoms with E-state index in [2.05, 4.69) is 35.0 Å².